The Bertz CT molecular complexity index is 547. The van der Waals surface area contributed by atoms with E-state index in [1.54, 1.807) is 0 Å². The molecule has 0 radical (unpaired) electrons. The van der Waals surface area contributed by atoms with Crippen LogP contribution in [-0.4, -0.2) is 41.7 Å². The van der Waals surface area contributed by atoms with Gasteiger partial charge in [0.05, 0.1) is 12.4 Å². The van der Waals surface area contributed by atoms with Crippen LogP contribution in [0, 0.1) is 0 Å². The van der Waals surface area contributed by atoms with E-state index in [1.807, 2.05) is 17.5 Å². The number of hydrogen-bond donors (Lipinski definition) is 2. The predicted octanol–water partition coefficient (Wildman–Crippen LogP) is 0.522. The summed E-state index contributed by atoms with van der Waals surface area (Å²) in [4.78, 5) is 35.9. The number of carbonyl (C=O) groups excluding carboxylic acids is 3. The van der Waals surface area contributed by atoms with Crippen molar-refractivity contribution >= 4 is 35.9 Å². The minimum atomic E-state index is -1.29. The molecule has 1 amide bonds. The normalized spacial score (nSPS) is 22.3. The second kappa shape index (κ2) is 7.67. The lowest BCUT2D eigenvalue weighted by molar-refractivity contribution is -0.130. The van der Waals surface area contributed by atoms with Gasteiger partial charge in [0.15, 0.2) is 5.78 Å². The first-order valence-corrected chi connectivity index (χ1v) is 8.01. The topological polar surface area (TPSA) is 92.7 Å². The van der Waals surface area contributed by atoms with Crippen molar-refractivity contribution in [2.24, 2.45) is 0 Å². The molecular formula is C14H18BNO5S. The highest BCUT2D eigenvalue weighted by Gasteiger charge is 2.37. The number of amides is 1. The Morgan fingerprint density at radius 1 is 1.55 bits per heavy atom. The van der Waals surface area contributed by atoms with Crippen LogP contribution in [-0.2, 0) is 25.5 Å². The Hall–Kier alpha value is -1.51. The lowest BCUT2D eigenvalue weighted by atomic mass is 9.76. The maximum Gasteiger partial charge on any atom is 0.478 e. The molecule has 2 atom stereocenters. The Morgan fingerprint density at radius 3 is 2.95 bits per heavy atom. The quantitative estimate of drug-likeness (QED) is 0.771. The van der Waals surface area contributed by atoms with Gasteiger partial charge >= 0.3 is 7.12 Å². The van der Waals surface area contributed by atoms with Crippen LogP contribution in [0.2, 0.25) is 0 Å². The first-order chi connectivity index (χ1) is 10.5. The minimum absolute atomic E-state index is 0.0498. The van der Waals surface area contributed by atoms with Crippen molar-refractivity contribution in [1.29, 1.82) is 0 Å². The lowest BCUT2D eigenvalue weighted by Crippen LogP contribution is -2.48. The van der Waals surface area contributed by atoms with E-state index in [-0.39, 0.29) is 36.7 Å². The van der Waals surface area contributed by atoms with Gasteiger partial charge in [-0.15, -0.1) is 11.3 Å². The van der Waals surface area contributed by atoms with Gasteiger partial charge in [0, 0.05) is 17.7 Å². The molecule has 2 rings (SSSR count). The molecule has 0 saturated carbocycles. The highest BCUT2D eigenvalue weighted by Crippen LogP contribution is 2.16. The van der Waals surface area contributed by atoms with E-state index in [9.17, 15) is 19.4 Å². The van der Waals surface area contributed by atoms with Crippen LogP contribution in [0.15, 0.2) is 17.5 Å². The van der Waals surface area contributed by atoms with E-state index in [1.165, 1.54) is 18.3 Å². The fraction of sp³-hybridized carbons (Fsp3) is 0.500. The van der Waals surface area contributed by atoms with Crippen molar-refractivity contribution in [2.75, 3.05) is 0 Å². The third kappa shape index (κ3) is 4.76. The molecule has 1 aromatic heterocycles. The Kier molecular flexibility index (Phi) is 5.87. The zero-order valence-corrected chi connectivity index (χ0v) is 13.1. The van der Waals surface area contributed by atoms with Gasteiger partial charge in [-0.3, -0.25) is 14.4 Å². The third-order valence-corrected chi connectivity index (χ3v) is 4.32. The van der Waals surface area contributed by atoms with Crippen LogP contribution in [0.25, 0.3) is 0 Å². The van der Waals surface area contributed by atoms with Gasteiger partial charge in [-0.1, -0.05) is 6.07 Å². The zero-order valence-electron chi connectivity index (χ0n) is 12.3. The molecule has 1 aliphatic heterocycles. The van der Waals surface area contributed by atoms with Gasteiger partial charge in [-0.25, -0.2) is 0 Å². The van der Waals surface area contributed by atoms with Crippen molar-refractivity contribution in [3.05, 3.63) is 22.4 Å². The minimum Gasteiger partial charge on any atom is -0.426 e. The van der Waals surface area contributed by atoms with Gasteiger partial charge in [0.1, 0.15) is 11.9 Å². The molecule has 8 heteroatoms. The third-order valence-electron chi connectivity index (χ3n) is 3.44. The average Bonchev–Trinajstić information content (AvgIpc) is 2.90. The van der Waals surface area contributed by atoms with Gasteiger partial charge in [0.25, 0.3) is 0 Å². The number of rotatable bonds is 5. The van der Waals surface area contributed by atoms with Crippen molar-refractivity contribution in [3.8, 4) is 0 Å². The van der Waals surface area contributed by atoms with E-state index in [4.69, 9.17) is 4.65 Å². The van der Waals surface area contributed by atoms with Crippen molar-refractivity contribution in [1.82, 2.24) is 5.32 Å². The lowest BCUT2D eigenvalue weighted by Gasteiger charge is -2.19. The van der Waals surface area contributed by atoms with E-state index < -0.39 is 19.2 Å². The van der Waals surface area contributed by atoms with Gasteiger partial charge in [-0.05, 0) is 24.8 Å². The molecule has 0 aromatic carbocycles. The Balaban J connectivity index is 1.92. The molecule has 118 valence electrons. The predicted molar refractivity (Wildman–Crippen MR) is 82.3 cm³/mol. The van der Waals surface area contributed by atoms with E-state index >= 15 is 0 Å². The van der Waals surface area contributed by atoms with Crippen molar-refractivity contribution in [2.45, 2.75) is 44.7 Å². The van der Waals surface area contributed by atoms with Crippen LogP contribution >= 0.6 is 11.3 Å². The highest BCUT2D eigenvalue weighted by atomic mass is 32.1. The highest BCUT2D eigenvalue weighted by molar-refractivity contribution is 7.10. The molecule has 0 aliphatic carbocycles. The van der Waals surface area contributed by atoms with Gasteiger partial charge in [-0.2, -0.15) is 0 Å². The molecule has 1 unspecified atom stereocenters. The molecule has 1 aliphatic rings. The molecule has 2 N–H and O–H groups in total. The SMILES string of the molecule is CC(=O)CC1OB(O)[C@@H](NC(=O)Cc2cccs2)CCC1=O. The molecule has 6 nitrogen and oxygen atoms in total. The summed E-state index contributed by atoms with van der Waals surface area (Å²) in [7, 11) is -1.29. The molecule has 22 heavy (non-hydrogen) atoms. The summed E-state index contributed by atoms with van der Waals surface area (Å²) in [6.45, 7) is 1.37. The number of ketones is 2. The largest absolute Gasteiger partial charge is 0.478 e. The number of carbonyl (C=O) groups is 3. The van der Waals surface area contributed by atoms with Gasteiger partial charge in [0.2, 0.25) is 5.91 Å². The molecular weight excluding hydrogens is 305 g/mol. The Labute approximate surface area is 133 Å². The van der Waals surface area contributed by atoms with Crippen LogP contribution in [0.3, 0.4) is 0 Å². The van der Waals surface area contributed by atoms with Crippen LogP contribution < -0.4 is 5.32 Å². The maximum atomic E-state index is 12.0. The first-order valence-electron chi connectivity index (χ1n) is 7.13. The molecule has 1 fully saturated rings. The monoisotopic (exact) mass is 323 g/mol. The fourth-order valence-electron chi connectivity index (χ4n) is 2.34. The summed E-state index contributed by atoms with van der Waals surface area (Å²) in [5.74, 6) is -1.27. The van der Waals surface area contributed by atoms with E-state index in [2.05, 4.69) is 5.32 Å². The summed E-state index contributed by atoms with van der Waals surface area (Å²) in [5, 5.41) is 14.6. The number of nitrogens with one attached hydrogen (secondary N) is 1. The van der Waals surface area contributed by atoms with Crippen molar-refractivity contribution in [3.63, 3.8) is 0 Å². The number of Topliss-reactive ketones (excluding diaryl/α,β-unsaturated/α-hetero) is 2. The molecule has 2 heterocycles. The Morgan fingerprint density at radius 2 is 2.32 bits per heavy atom. The molecule has 1 aromatic rings. The zero-order chi connectivity index (χ0) is 16.1. The van der Waals surface area contributed by atoms with E-state index in [0.29, 0.717) is 6.42 Å². The summed E-state index contributed by atoms with van der Waals surface area (Å²) in [6, 6.07) is 3.72. The standard InChI is InChI=1S/C14H18BNO5S/c1-9(17)7-12-11(18)4-5-13(15(20)21-12)16-14(19)8-10-3-2-6-22-10/h2-3,6,12-13,20H,4-5,7-8H2,1H3,(H,16,19)/t12?,13-/m0/s1. The molecule has 0 bridgehead atoms. The second-order valence-electron chi connectivity index (χ2n) is 5.36. The fourth-order valence-corrected chi connectivity index (χ4v) is 3.04. The first kappa shape index (κ1) is 16.9. The molecule has 0 spiro atoms. The smallest absolute Gasteiger partial charge is 0.426 e. The van der Waals surface area contributed by atoms with Gasteiger partial charge < -0.3 is 15.0 Å². The summed E-state index contributed by atoms with van der Waals surface area (Å²) < 4.78 is 5.26. The molecule has 1 saturated heterocycles. The van der Waals surface area contributed by atoms with Crippen molar-refractivity contribution < 1.29 is 24.1 Å². The second-order valence-corrected chi connectivity index (χ2v) is 6.39. The number of thiophene rings is 1. The maximum absolute atomic E-state index is 12.0. The number of hydrogen-bond acceptors (Lipinski definition) is 6. The summed E-state index contributed by atoms with van der Waals surface area (Å²) in [5.41, 5.74) is 0. The summed E-state index contributed by atoms with van der Waals surface area (Å²) in [6.07, 6.45) is -0.284. The van der Waals surface area contributed by atoms with E-state index in [0.717, 1.165) is 4.88 Å². The summed E-state index contributed by atoms with van der Waals surface area (Å²) >= 11 is 1.48. The van der Waals surface area contributed by atoms with Crippen LogP contribution in [0.4, 0.5) is 0 Å². The average molecular weight is 323 g/mol. The van der Waals surface area contributed by atoms with Crippen LogP contribution in [0.5, 0.6) is 0 Å². The van der Waals surface area contributed by atoms with Crippen LogP contribution in [0.1, 0.15) is 31.1 Å².